The zero-order valence-electron chi connectivity index (χ0n) is 15.3. The first-order valence-corrected chi connectivity index (χ1v) is 7.99. The number of alkyl halides is 3. The molecule has 0 radical (unpaired) electrons. The van der Waals surface area contributed by atoms with Gasteiger partial charge in [0.05, 0.1) is 30.1 Å². The topological polar surface area (TPSA) is 77.5 Å². The van der Waals surface area contributed by atoms with Crippen molar-refractivity contribution < 1.29 is 17.9 Å². The molecule has 0 aliphatic carbocycles. The lowest BCUT2D eigenvalue weighted by atomic mass is 10.1. The Kier molecular flexibility index (Phi) is 8.54. The molecule has 1 aromatic carbocycles. The summed E-state index contributed by atoms with van der Waals surface area (Å²) < 4.78 is 46.8. The number of methoxy groups -OCH3 is 1. The van der Waals surface area contributed by atoms with E-state index < -0.39 is 11.7 Å². The number of ether oxygens (including phenoxy) is 1. The molecule has 0 bridgehead atoms. The molecule has 6 nitrogen and oxygen atoms in total. The van der Waals surface area contributed by atoms with Crippen LogP contribution in [0.3, 0.4) is 0 Å². The van der Waals surface area contributed by atoms with Crippen molar-refractivity contribution in [3.05, 3.63) is 46.8 Å². The molecule has 150 valence electrons. The standard InChI is InChI=1S/C17H22F3N5O.HI/c1-11-8-12(2)25(24-11)14-5-4-13(15(9-14)17(18,19)20)10-23-16(21)22-6-7-26-3;/h4-5,8-9H,6-7,10H2,1-3H3,(H3,21,22,23);1H. The molecule has 1 aromatic heterocycles. The molecule has 27 heavy (non-hydrogen) atoms. The Morgan fingerprint density at radius 1 is 1.30 bits per heavy atom. The minimum Gasteiger partial charge on any atom is -0.383 e. The first-order chi connectivity index (χ1) is 12.2. The molecule has 0 saturated heterocycles. The van der Waals surface area contributed by atoms with Gasteiger partial charge in [-0.05, 0) is 37.6 Å². The quantitative estimate of drug-likeness (QED) is 0.278. The molecule has 0 spiro atoms. The van der Waals surface area contributed by atoms with E-state index in [2.05, 4.69) is 15.4 Å². The van der Waals surface area contributed by atoms with Crippen LogP contribution in [0.1, 0.15) is 22.5 Å². The van der Waals surface area contributed by atoms with Crippen LogP contribution in [0.4, 0.5) is 13.2 Å². The van der Waals surface area contributed by atoms with Crippen LogP contribution in [-0.2, 0) is 17.5 Å². The second-order valence-corrected chi connectivity index (χ2v) is 5.80. The molecule has 0 aliphatic rings. The lowest BCUT2D eigenvalue weighted by Gasteiger charge is -2.14. The number of hydrogen-bond acceptors (Lipinski definition) is 3. The van der Waals surface area contributed by atoms with Gasteiger partial charge in [-0.25, -0.2) is 9.67 Å². The third kappa shape index (κ3) is 6.38. The van der Waals surface area contributed by atoms with Crippen molar-refractivity contribution in [2.24, 2.45) is 10.7 Å². The Morgan fingerprint density at radius 3 is 2.56 bits per heavy atom. The average molecular weight is 497 g/mol. The maximum absolute atomic E-state index is 13.5. The highest BCUT2D eigenvalue weighted by Crippen LogP contribution is 2.34. The van der Waals surface area contributed by atoms with Crippen molar-refractivity contribution in [3.8, 4) is 5.69 Å². The number of halogens is 4. The fourth-order valence-electron chi connectivity index (χ4n) is 2.50. The SMILES string of the molecule is COCCNC(N)=NCc1ccc(-n2nc(C)cc2C)cc1C(F)(F)F.I. The molecule has 1 heterocycles. The summed E-state index contributed by atoms with van der Waals surface area (Å²) >= 11 is 0. The number of nitrogens with zero attached hydrogens (tertiary/aromatic N) is 3. The molecule has 2 rings (SSSR count). The van der Waals surface area contributed by atoms with Crippen molar-refractivity contribution in [2.45, 2.75) is 26.6 Å². The summed E-state index contributed by atoms with van der Waals surface area (Å²) in [6.07, 6.45) is -4.50. The van der Waals surface area contributed by atoms with Gasteiger partial charge in [0.1, 0.15) is 0 Å². The summed E-state index contributed by atoms with van der Waals surface area (Å²) in [6.45, 7) is 4.24. The van der Waals surface area contributed by atoms with Crippen LogP contribution in [0.15, 0.2) is 29.3 Å². The van der Waals surface area contributed by atoms with E-state index in [1.807, 2.05) is 0 Å². The van der Waals surface area contributed by atoms with Crippen LogP contribution < -0.4 is 11.1 Å². The molecular weight excluding hydrogens is 474 g/mol. The molecule has 0 saturated carbocycles. The zero-order chi connectivity index (χ0) is 19.3. The Morgan fingerprint density at radius 2 is 2.00 bits per heavy atom. The summed E-state index contributed by atoms with van der Waals surface area (Å²) in [5.74, 6) is 0.0674. The molecule has 0 amide bonds. The number of rotatable bonds is 6. The molecule has 10 heteroatoms. The molecule has 0 atom stereocenters. The number of guanidine groups is 1. The largest absolute Gasteiger partial charge is 0.416 e. The van der Waals surface area contributed by atoms with Crippen LogP contribution in [0.25, 0.3) is 5.69 Å². The van der Waals surface area contributed by atoms with Gasteiger partial charge in [-0.3, -0.25) is 0 Å². The summed E-state index contributed by atoms with van der Waals surface area (Å²) in [5.41, 5.74) is 6.78. The normalized spacial score (nSPS) is 12.0. The van der Waals surface area contributed by atoms with Crippen LogP contribution in [0.2, 0.25) is 0 Å². The fraction of sp³-hybridized carbons (Fsp3) is 0.412. The summed E-state index contributed by atoms with van der Waals surface area (Å²) in [4.78, 5) is 3.97. The van der Waals surface area contributed by atoms with Crippen molar-refractivity contribution in [2.75, 3.05) is 20.3 Å². The van der Waals surface area contributed by atoms with E-state index in [4.69, 9.17) is 10.5 Å². The molecular formula is C17H23F3IN5O. The maximum Gasteiger partial charge on any atom is 0.416 e. The van der Waals surface area contributed by atoms with Crippen molar-refractivity contribution in [1.82, 2.24) is 15.1 Å². The van der Waals surface area contributed by atoms with Gasteiger partial charge in [-0.1, -0.05) is 6.07 Å². The van der Waals surface area contributed by atoms with E-state index in [9.17, 15) is 13.2 Å². The van der Waals surface area contributed by atoms with Gasteiger partial charge in [0.2, 0.25) is 0 Å². The van der Waals surface area contributed by atoms with Gasteiger partial charge in [0, 0.05) is 19.3 Å². The maximum atomic E-state index is 13.5. The number of nitrogens with two attached hydrogens (primary N) is 1. The van der Waals surface area contributed by atoms with Crippen molar-refractivity contribution in [1.29, 1.82) is 0 Å². The first-order valence-electron chi connectivity index (χ1n) is 7.99. The van der Waals surface area contributed by atoms with E-state index in [1.165, 1.54) is 17.9 Å². The van der Waals surface area contributed by atoms with E-state index in [0.29, 0.717) is 18.8 Å². The first kappa shape index (κ1) is 23.2. The summed E-state index contributed by atoms with van der Waals surface area (Å²) in [5, 5.41) is 7.00. The van der Waals surface area contributed by atoms with Crippen molar-refractivity contribution in [3.63, 3.8) is 0 Å². The number of nitrogens with one attached hydrogen (secondary N) is 1. The molecule has 0 fully saturated rings. The summed E-state index contributed by atoms with van der Waals surface area (Å²) in [6, 6.07) is 5.88. The minimum atomic E-state index is -4.50. The smallest absolute Gasteiger partial charge is 0.383 e. The predicted octanol–water partition coefficient (Wildman–Crippen LogP) is 3.18. The van der Waals surface area contributed by atoms with Gasteiger partial charge in [-0.2, -0.15) is 18.3 Å². The highest BCUT2D eigenvalue weighted by molar-refractivity contribution is 14.0. The minimum absolute atomic E-state index is 0. The van der Waals surface area contributed by atoms with Crippen LogP contribution in [-0.4, -0.2) is 36.0 Å². The van der Waals surface area contributed by atoms with Gasteiger partial charge in [-0.15, -0.1) is 24.0 Å². The average Bonchev–Trinajstić information content (AvgIpc) is 2.90. The molecule has 3 N–H and O–H groups in total. The van der Waals surface area contributed by atoms with Gasteiger partial charge in [0.25, 0.3) is 0 Å². The van der Waals surface area contributed by atoms with Gasteiger partial charge >= 0.3 is 6.18 Å². The second-order valence-electron chi connectivity index (χ2n) is 5.80. The molecule has 2 aromatic rings. The van der Waals surface area contributed by atoms with Gasteiger partial charge < -0.3 is 15.8 Å². The number of benzene rings is 1. The van der Waals surface area contributed by atoms with Gasteiger partial charge in [0.15, 0.2) is 5.96 Å². The third-order valence-electron chi connectivity index (χ3n) is 3.69. The number of hydrogen-bond donors (Lipinski definition) is 2. The lowest BCUT2D eigenvalue weighted by molar-refractivity contribution is -0.138. The second kappa shape index (κ2) is 9.93. The number of aryl methyl sites for hydroxylation is 2. The number of aromatic nitrogens is 2. The molecule has 0 aliphatic heterocycles. The Hall–Kier alpha value is -1.82. The number of aliphatic imine (C=N–C) groups is 1. The highest BCUT2D eigenvalue weighted by atomic mass is 127. The fourth-order valence-corrected chi connectivity index (χ4v) is 2.50. The third-order valence-corrected chi connectivity index (χ3v) is 3.69. The van der Waals surface area contributed by atoms with Crippen LogP contribution in [0.5, 0.6) is 0 Å². The monoisotopic (exact) mass is 497 g/mol. The zero-order valence-corrected chi connectivity index (χ0v) is 17.6. The Bertz CT molecular complexity index is 789. The van der Waals surface area contributed by atoms with Crippen LogP contribution >= 0.6 is 24.0 Å². The van der Waals surface area contributed by atoms with E-state index in [0.717, 1.165) is 17.5 Å². The lowest BCUT2D eigenvalue weighted by Crippen LogP contribution is -2.34. The summed E-state index contributed by atoms with van der Waals surface area (Å²) in [7, 11) is 1.54. The highest BCUT2D eigenvalue weighted by Gasteiger charge is 2.33. The van der Waals surface area contributed by atoms with Crippen molar-refractivity contribution >= 4 is 29.9 Å². The van der Waals surface area contributed by atoms with Crippen LogP contribution in [0, 0.1) is 13.8 Å². The van der Waals surface area contributed by atoms with E-state index in [-0.39, 0.29) is 42.0 Å². The van der Waals surface area contributed by atoms with E-state index in [1.54, 1.807) is 26.0 Å². The molecule has 0 unspecified atom stereocenters. The van der Waals surface area contributed by atoms with E-state index >= 15 is 0 Å². The Labute approximate surface area is 173 Å². The Balaban J connectivity index is 0.00000364. The predicted molar refractivity (Wildman–Crippen MR) is 109 cm³/mol.